The van der Waals surface area contributed by atoms with Crippen LogP contribution in [0, 0.1) is 5.92 Å². The minimum atomic E-state index is 0.317. The van der Waals surface area contributed by atoms with Gasteiger partial charge in [0.2, 0.25) is 0 Å². The first-order valence-corrected chi connectivity index (χ1v) is 6.13. The summed E-state index contributed by atoms with van der Waals surface area (Å²) in [6, 6.07) is 4.22. The predicted molar refractivity (Wildman–Crippen MR) is 61.3 cm³/mol. The van der Waals surface area contributed by atoms with E-state index < -0.39 is 0 Å². The largest absolute Gasteiger partial charge is 0.396 e. The van der Waals surface area contributed by atoms with Crippen molar-refractivity contribution in [3.63, 3.8) is 0 Å². The van der Waals surface area contributed by atoms with Gasteiger partial charge in [-0.05, 0) is 36.8 Å². The lowest BCUT2D eigenvalue weighted by Crippen LogP contribution is -2.13. The Morgan fingerprint density at radius 3 is 3.14 bits per heavy atom. The van der Waals surface area contributed by atoms with Gasteiger partial charge < -0.3 is 5.11 Å². The molecule has 76 valence electrons. The Kier molecular flexibility index (Phi) is 3.38. The van der Waals surface area contributed by atoms with Crippen LogP contribution in [0.3, 0.4) is 0 Å². The van der Waals surface area contributed by atoms with E-state index >= 15 is 0 Å². The Balaban J connectivity index is 2.14. The first-order chi connectivity index (χ1) is 6.90. The molecule has 1 aliphatic rings. The van der Waals surface area contributed by atoms with Crippen LogP contribution in [0.4, 0.5) is 0 Å². The summed E-state index contributed by atoms with van der Waals surface area (Å²) in [6.45, 7) is 0.317. The minimum Gasteiger partial charge on any atom is -0.396 e. The molecule has 1 unspecified atom stereocenters. The van der Waals surface area contributed by atoms with E-state index in [2.05, 4.69) is 23.6 Å². The number of hydrogen-bond donors (Lipinski definition) is 1. The van der Waals surface area contributed by atoms with Crippen LogP contribution in [0.5, 0.6) is 0 Å². The van der Waals surface area contributed by atoms with E-state index in [0.29, 0.717) is 12.5 Å². The van der Waals surface area contributed by atoms with Gasteiger partial charge in [0, 0.05) is 17.4 Å². The third kappa shape index (κ3) is 2.25. The molecule has 0 aromatic carbocycles. The highest BCUT2D eigenvalue weighted by atomic mass is 32.1. The molecule has 0 amide bonds. The summed E-state index contributed by atoms with van der Waals surface area (Å²) in [6.07, 6.45) is 7.16. The minimum absolute atomic E-state index is 0.317. The zero-order chi connectivity index (χ0) is 9.80. The lowest BCUT2D eigenvalue weighted by atomic mass is 9.84. The number of aliphatic hydroxyl groups is 1. The first kappa shape index (κ1) is 9.94. The summed E-state index contributed by atoms with van der Waals surface area (Å²) in [5, 5.41) is 11.4. The average Bonchev–Trinajstić information content (AvgIpc) is 2.71. The highest BCUT2D eigenvalue weighted by Gasteiger charge is 2.17. The van der Waals surface area contributed by atoms with E-state index in [1.807, 2.05) is 0 Å². The van der Waals surface area contributed by atoms with E-state index in [-0.39, 0.29) is 0 Å². The number of hydrogen-bond acceptors (Lipinski definition) is 2. The standard InChI is InChI=1S/C12H16OS/c13-9-11-5-2-1-4-10(11)8-12-6-3-7-14-12/h3,6-8,11,13H,1-2,4-5,9H2/b10-8+. The molecule has 2 heteroatoms. The second-order valence-electron chi connectivity index (χ2n) is 3.86. The van der Waals surface area contributed by atoms with Crippen molar-refractivity contribution in [2.24, 2.45) is 5.92 Å². The Bertz CT molecular complexity index is 300. The molecule has 0 radical (unpaired) electrons. The molecule has 1 aromatic rings. The van der Waals surface area contributed by atoms with Gasteiger partial charge in [-0.2, -0.15) is 0 Å². The summed E-state index contributed by atoms with van der Waals surface area (Å²) in [7, 11) is 0. The Hall–Kier alpha value is -0.600. The molecule has 0 aliphatic heterocycles. The molecule has 1 fully saturated rings. The molecular weight excluding hydrogens is 192 g/mol. The molecule has 1 heterocycles. The van der Waals surface area contributed by atoms with E-state index in [1.165, 1.54) is 29.7 Å². The van der Waals surface area contributed by atoms with Crippen molar-refractivity contribution in [1.29, 1.82) is 0 Å². The molecule has 1 saturated carbocycles. The van der Waals surface area contributed by atoms with Crippen LogP contribution in [-0.4, -0.2) is 11.7 Å². The molecular formula is C12H16OS. The van der Waals surface area contributed by atoms with Gasteiger partial charge in [0.25, 0.3) is 0 Å². The maximum Gasteiger partial charge on any atom is 0.0496 e. The molecule has 14 heavy (non-hydrogen) atoms. The fraction of sp³-hybridized carbons (Fsp3) is 0.500. The Labute approximate surface area is 89.1 Å². The second-order valence-corrected chi connectivity index (χ2v) is 4.84. The zero-order valence-electron chi connectivity index (χ0n) is 8.28. The topological polar surface area (TPSA) is 20.2 Å². The van der Waals surface area contributed by atoms with Gasteiger partial charge in [-0.3, -0.25) is 0 Å². The number of rotatable bonds is 2. The van der Waals surface area contributed by atoms with Crippen LogP contribution in [0.2, 0.25) is 0 Å². The van der Waals surface area contributed by atoms with Crippen molar-refractivity contribution in [3.05, 3.63) is 28.0 Å². The van der Waals surface area contributed by atoms with Crippen molar-refractivity contribution in [1.82, 2.24) is 0 Å². The van der Waals surface area contributed by atoms with Crippen LogP contribution in [0.1, 0.15) is 30.6 Å². The molecule has 1 atom stereocenters. The van der Waals surface area contributed by atoms with Crippen molar-refractivity contribution >= 4 is 17.4 Å². The predicted octanol–water partition coefficient (Wildman–Crippen LogP) is 3.31. The van der Waals surface area contributed by atoms with Crippen LogP contribution < -0.4 is 0 Å². The number of thiophene rings is 1. The maximum atomic E-state index is 9.25. The van der Waals surface area contributed by atoms with Gasteiger partial charge in [0.15, 0.2) is 0 Å². The maximum absolute atomic E-state index is 9.25. The highest BCUT2D eigenvalue weighted by Crippen LogP contribution is 2.31. The summed E-state index contributed by atoms with van der Waals surface area (Å²) in [5.41, 5.74) is 1.45. The Morgan fingerprint density at radius 1 is 1.50 bits per heavy atom. The van der Waals surface area contributed by atoms with Gasteiger partial charge in [0.05, 0.1) is 0 Å². The monoisotopic (exact) mass is 208 g/mol. The van der Waals surface area contributed by atoms with Crippen LogP contribution in [-0.2, 0) is 0 Å². The fourth-order valence-corrected chi connectivity index (χ4v) is 2.75. The smallest absolute Gasteiger partial charge is 0.0496 e. The average molecular weight is 208 g/mol. The lowest BCUT2D eigenvalue weighted by molar-refractivity contribution is 0.226. The van der Waals surface area contributed by atoms with E-state index in [4.69, 9.17) is 0 Å². The fourth-order valence-electron chi connectivity index (χ4n) is 2.06. The SMILES string of the molecule is OCC1CCCC/C1=C\c1cccs1. The van der Waals surface area contributed by atoms with Crippen molar-refractivity contribution in [3.8, 4) is 0 Å². The van der Waals surface area contributed by atoms with Crippen LogP contribution in [0.25, 0.3) is 6.08 Å². The number of aliphatic hydroxyl groups excluding tert-OH is 1. The van der Waals surface area contributed by atoms with Crippen LogP contribution in [0.15, 0.2) is 23.1 Å². The Morgan fingerprint density at radius 2 is 2.43 bits per heavy atom. The van der Waals surface area contributed by atoms with Gasteiger partial charge in [-0.1, -0.05) is 18.1 Å². The zero-order valence-corrected chi connectivity index (χ0v) is 9.09. The van der Waals surface area contributed by atoms with Crippen molar-refractivity contribution in [2.45, 2.75) is 25.7 Å². The lowest BCUT2D eigenvalue weighted by Gasteiger charge is -2.23. The van der Waals surface area contributed by atoms with E-state index in [1.54, 1.807) is 11.3 Å². The van der Waals surface area contributed by atoms with Crippen molar-refractivity contribution < 1.29 is 5.11 Å². The summed E-state index contributed by atoms with van der Waals surface area (Å²) < 4.78 is 0. The quantitative estimate of drug-likeness (QED) is 0.790. The molecule has 1 aromatic heterocycles. The molecule has 2 rings (SSSR count). The molecule has 1 nitrogen and oxygen atoms in total. The van der Waals surface area contributed by atoms with Crippen molar-refractivity contribution in [2.75, 3.05) is 6.61 Å². The summed E-state index contributed by atoms with van der Waals surface area (Å²) >= 11 is 1.77. The third-order valence-corrected chi connectivity index (χ3v) is 3.70. The molecule has 1 N–H and O–H groups in total. The van der Waals surface area contributed by atoms with Gasteiger partial charge >= 0.3 is 0 Å². The molecule has 0 spiro atoms. The molecule has 0 saturated heterocycles. The van der Waals surface area contributed by atoms with Gasteiger partial charge in [-0.25, -0.2) is 0 Å². The van der Waals surface area contributed by atoms with E-state index in [0.717, 1.165) is 6.42 Å². The summed E-state index contributed by atoms with van der Waals surface area (Å²) in [4.78, 5) is 1.32. The van der Waals surface area contributed by atoms with Gasteiger partial charge in [-0.15, -0.1) is 11.3 Å². The molecule has 1 aliphatic carbocycles. The summed E-state index contributed by atoms with van der Waals surface area (Å²) in [5.74, 6) is 0.422. The van der Waals surface area contributed by atoms with Gasteiger partial charge in [0.1, 0.15) is 0 Å². The van der Waals surface area contributed by atoms with E-state index in [9.17, 15) is 5.11 Å². The molecule has 0 bridgehead atoms. The second kappa shape index (κ2) is 4.76. The van der Waals surface area contributed by atoms with Crippen LogP contribution >= 0.6 is 11.3 Å². The first-order valence-electron chi connectivity index (χ1n) is 5.25. The normalized spacial score (nSPS) is 25.5. The highest BCUT2D eigenvalue weighted by molar-refractivity contribution is 7.10. The third-order valence-electron chi connectivity index (χ3n) is 2.88.